The lowest BCUT2D eigenvalue weighted by Crippen LogP contribution is -2.49. The number of carbonyl (C=O) groups is 1. The molecular formula is C31H36FN7O3S. The molecule has 12 heteroatoms. The van der Waals surface area contributed by atoms with Crippen LogP contribution in [-0.4, -0.2) is 69.5 Å². The molecule has 2 aliphatic heterocycles. The van der Waals surface area contributed by atoms with Gasteiger partial charge in [-0.3, -0.25) is 9.78 Å². The third-order valence-corrected chi connectivity index (χ3v) is 9.34. The summed E-state index contributed by atoms with van der Waals surface area (Å²) >= 11 is 0. The minimum absolute atomic E-state index is 0.140. The first-order chi connectivity index (χ1) is 20.5. The molecule has 0 saturated carbocycles. The third kappa shape index (κ3) is 6.14. The molecule has 3 N–H and O–H groups in total. The number of primary sulfonamides is 1. The van der Waals surface area contributed by atoms with Gasteiger partial charge in [0.05, 0.1) is 39.6 Å². The van der Waals surface area contributed by atoms with Gasteiger partial charge in [-0.05, 0) is 63.4 Å². The number of nitrogens with two attached hydrogens (primary N) is 1. The number of aryl methyl sites for hydroxylation is 2. The van der Waals surface area contributed by atoms with Crippen LogP contribution in [0.15, 0.2) is 47.4 Å². The second-order valence-corrected chi connectivity index (χ2v) is 12.6. The van der Waals surface area contributed by atoms with Crippen molar-refractivity contribution in [3.8, 4) is 6.07 Å². The molecule has 1 amide bonds. The zero-order valence-corrected chi connectivity index (χ0v) is 25.4. The zero-order valence-electron chi connectivity index (χ0n) is 24.6. The maximum absolute atomic E-state index is 14.4. The van der Waals surface area contributed by atoms with Crippen LogP contribution >= 0.6 is 0 Å². The Morgan fingerprint density at radius 3 is 2.23 bits per heavy atom. The molecule has 2 aromatic carbocycles. The Morgan fingerprint density at radius 1 is 0.953 bits per heavy atom. The van der Waals surface area contributed by atoms with Crippen LogP contribution in [0.2, 0.25) is 0 Å². The highest BCUT2D eigenvalue weighted by molar-refractivity contribution is 7.89. The van der Waals surface area contributed by atoms with Gasteiger partial charge in [0.25, 0.3) is 5.91 Å². The maximum atomic E-state index is 14.4. The van der Waals surface area contributed by atoms with Crippen LogP contribution in [0.1, 0.15) is 45.7 Å². The van der Waals surface area contributed by atoms with E-state index in [0.717, 1.165) is 54.6 Å². The summed E-state index contributed by atoms with van der Waals surface area (Å²) in [6.45, 7) is 8.65. The molecular weight excluding hydrogens is 569 g/mol. The molecule has 0 radical (unpaired) electrons. The van der Waals surface area contributed by atoms with E-state index >= 15 is 0 Å². The van der Waals surface area contributed by atoms with Crippen molar-refractivity contribution in [3.63, 3.8) is 0 Å². The topological polar surface area (TPSA) is 136 Å². The van der Waals surface area contributed by atoms with Crippen LogP contribution in [0, 0.1) is 37.9 Å². The Kier molecular flexibility index (Phi) is 8.57. The number of para-hydroxylation sites is 1. The van der Waals surface area contributed by atoms with E-state index in [0.29, 0.717) is 43.0 Å². The number of pyridine rings is 1. The molecule has 0 bridgehead atoms. The molecule has 0 spiro atoms. The summed E-state index contributed by atoms with van der Waals surface area (Å²) in [7, 11) is -4.27. The number of rotatable bonds is 6. The number of sulfonamides is 1. The Hall–Kier alpha value is -4.21. The molecule has 5 rings (SSSR count). The Bertz CT molecular complexity index is 1690. The summed E-state index contributed by atoms with van der Waals surface area (Å²) in [4.78, 5) is 23.7. The van der Waals surface area contributed by atoms with Gasteiger partial charge in [0.15, 0.2) is 0 Å². The Balaban J connectivity index is 1.28. The largest absolute Gasteiger partial charge is 0.380 e. The predicted molar refractivity (Wildman–Crippen MR) is 164 cm³/mol. The van der Waals surface area contributed by atoms with Crippen molar-refractivity contribution in [2.24, 2.45) is 5.14 Å². The van der Waals surface area contributed by atoms with Crippen molar-refractivity contribution < 1.29 is 17.6 Å². The van der Waals surface area contributed by atoms with Crippen LogP contribution in [0.5, 0.6) is 0 Å². The number of nitrogens with one attached hydrogen (secondary N) is 1. The number of aromatic nitrogens is 1. The molecule has 1 aromatic heterocycles. The normalized spacial score (nSPS) is 16.2. The predicted octanol–water partition coefficient (Wildman–Crippen LogP) is 3.71. The molecule has 43 heavy (non-hydrogen) atoms. The quantitative estimate of drug-likeness (QED) is 0.434. The van der Waals surface area contributed by atoms with Crippen LogP contribution in [0.4, 0.5) is 21.5 Å². The first-order valence-corrected chi connectivity index (χ1v) is 15.9. The molecule has 2 aliphatic rings. The number of nitriles is 1. The average molecular weight is 606 g/mol. The SMILES string of the molecule is Cc1nc(C)c(C(=O)N2CCN(c3cccc(F)c3S(N)(=O)=O)CC2)c(C)c1NC1CCN(c2ccccc2C#N)CC1. The molecule has 226 valence electrons. The lowest BCUT2D eigenvalue weighted by molar-refractivity contribution is 0.0744. The molecule has 3 aromatic rings. The average Bonchev–Trinajstić information content (AvgIpc) is 2.98. The molecule has 10 nitrogen and oxygen atoms in total. The maximum Gasteiger partial charge on any atom is 0.256 e. The Labute approximate surface area is 252 Å². The summed E-state index contributed by atoms with van der Waals surface area (Å²) in [6, 6.07) is 14.2. The zero-order chi connectivity index (χ0) is 30.9. The number of amides is 1. The molecule has 0 atom stereocenters. The van der Waals surface area contributed by atoms with Crippen LogP contribution in [0.25, 0.3) is 0 Å². The van der Waals surface area contributed by atoms with Crippen LogP contribution in [0.3, 0.4) is 0 Å². The number of benzene rings is 2. The first-order valence-electron chi connectivity index (χ1n) is 14.3. The highest BCUT2D eigenvalue weighted by atomic mass is 32.2. The molecule has 3 heterocycles. The summed E-state index contributed by atoms with van der Waals surface area (Å²) in [5.74, 6) is -1.03. The fourth-order valence-corrected chi connectivity index (χ4v) is 7.04. The molecule has 2 saturated heterocycles. The molecule has 0 unspecified atom stereocenters. The van der Waals surface area contributed by atoms with Crippen molar-refractivity contribution in [2.75, 3.05) is 54.4 Å². The number of nitrogens with zero attached hydrogens (tertiary/aromatic N) is 5. The lowest BCUT2D eigenvalue weighted by Gasteiger charge is -2.37. The van der Waals surface area contributed by atoms with Gasteiger partial charge in [0.2, 0.25) is 10.0 Å². The van der Waals surface area contributed by atoms with Crippen molar-refractivity contribution in [3.05, 3.63) is 76.4 Å². The van der Waals surface area contributed by atoms with E-state index in [2.05, 4.69) is 16.3 Å². The van der Waals surface area contributed by atoms with Crippen LogP contribution < -0.4 is 20.3 Å². The molecule has 0 aliphatic carbocycles. The standard InChI is InChI=1S/C31H36FN7O3S/c1-20-28(31(40)39-17-15-38(16-18-39)27-10-6-8-25(32)30(27)43(34,41)42)21(2)35-22(3)29(20)36-24-11-13-37(14-12-24)26-9-5-4-7-23(26)19-33/h4-10,24,36H,11-18H2,1-3H3,(H2,34,41,42). The van der Waals surface area contributed by atoms with Gasteiger partial charge in [-0.1, -0.05) is 18.2 Å². The van der Waals surface area contributed by atoms with E-state index in [4.69, 9.17) is 10.1 Å². The number of anilines is 3. The fourth-order valence-electron chi connectivity index (χ4n) is 6.21. The van der Waals surface area contributed by atoms with Gasteiger partial charge in [-0.15, -0.1) is 0 Å². The Morgan fingerprint density at radius 2 is 1.58 bits per heavy atom. The fraction of sp³-hybridized carbons (Fsp3) is 0.387. The van der Waals surface area contributed by atoms with Gasteiger partial charge in [0.1, 0.15) is 16.8 Å². The highest BCUT2D eigenvalue weighted by Crippen LogP contribution is 2.31. The van der Waals surface area contributed by atoms with Gasteiger partial charge < -0.3 is 20.0 Å². The number of hydrogen-bond acceptors (Lipinski definition) is 8. The van der Waals surface area contributed by atoms with E-state index in [1.165, 1.54) is 12.1 Å². The van der Waals surface area contributed by atoms with Crippen molar-refractivity contribution in [2.45, 2.75) is 44.6 Å². The lowest BCUT2D eigenvalue weighted by atomic mass is 9.99. The number of piperazine rings is 1. The second kappa shape index (κ2) is 12.2. The van der Waals surface area contributed by atoms with Gasteiger partial charge in [-0.2, -0.15) is 5.26 Å². The number of carbonyl (C=O) groups excluding carboxylic acids is 1. The third-order valence-electron chi connectivity index (χ3n) is 8.37. The number of halogens is 1. The summed E-state index contributed by atoms with van der Waals surface area (Å²) < 4.78 is 38.6. The van der Waals surface area contributed by atoms with E-state index in [1.807, 2.05) is 45.0 Å². The van der Waals surface area contributed by atoms with E-state index in [-0.39, 0.29) is 17.6 Å². The van der Waals surface area contributed by atoms with Gasteiger partial charge in [-0.25, -0.2) is 17.9 Å². The van der Waals surface area contributed by atoms with E-state index in [1.54, 1.807) is 9.80 Å². The monoisotopic (exact) mass is 605 g/mol. The van der Waals surface area contributed by atoms with Crippen LogP contribution in [-0.2, 0) is 10.0 Å². The minimum atomic E-state index is -4.27. The molecule has 2 fully saturated rings. The van der Waals surface area contributed by atoms with E-state index in [9.17, 15) is 22.9 Å². The first kappa shape index (κ1) is 30.3. The number of hydrogen-bond donors (Lipinski definition) is 2. The van der Waals surface area contributed by atoms with E-state index < -0.39 is 20.7 Å². The summed E-state index contributed by atoms with van der Waals surface area (Å²) in [6.07, 6.45) is 1.75. The summed E-state index contributed by atoms with van der Waals surface area (Å²) in [5.41, 5.74) is 5.57. The smallest absolute Gasteiger partial charge is 0.256 e. The summed E-state index contributed by atoms with van der Waals surface area (Å²) in [5, 5.41) is 18.5. The highest BCUT2D eigenvalue weighted by Gasteiger charge is 2.30. The minimum Gasteiger partial charge on any atom is -0.380 e. The van der Waals surface area contributed by atoms with Crippen molar-refractivity contribution >= 4 is 33.0 Å². The van der Waals surface area contributed by atoms with Gasteiger partial charge >= 0.3 is 0 Å². The van der Waals surface area contributed by atoms with Crippen molar-refractivity contribution in [1.29, 1.82) is 5.26 Å². The van der Waals surface area contributed by atoms with Crippen molar-refractivity contribution in [1.82, 2.24) is 9.88 Å². The van der Waals surface area contributed by atoms with Gasteiger partial charge in [0, 0.05) is 45.3 Å². The number of piperidine rings is 1. The second-order valence-electron chi connectivity index (χ2n) is 11.1.